The second-order valence-corrected chi connectivity index (χ2v) is 3.29. The van der Waals surface area contributed by atoms with E-state index in [1.54, 1.807) is 0 Å². The van der Waals surface area contributed by atoms with E-state index in [2.05, 4.69) is 0 Å². The molecule has 2 heteroatoms. The van der Waals surface area contributed by atoms with Gasteiger partial charge in [0, 0.05) is 19.3 Å². The molecule has 2 N–H and O–H groups in total. The highest BCUT2D eigenvalue weighted by Gasteiger charge is 2.51. The van der Waals surface area contributed by atoms with Gasteiger partial charge in [0.15, 0.2) is 0 Å². The first kappa shape index (κ1) is 5.69. The highest BCUT2D eigenvalue weighted by Crippen LogP contribution is 2.51. The van der Waals surface area contributed by atoms with E-state index in [0.29, 0.717) is 11.5 Å². The van der Waals surface area contributed by atoms with Gasteiger partial charge in [-0.25, -0.2) is 0 Å². The van der Waals surface area contributed by atoms with E-state index < -0.39 is 0 Å². The standard InChI is InChI=1S/C7H13NO/c8-6-5-7(6)1-3-9-4-2-7/h6H,1-5,8H2/t6-/m0/s1. The summed E-state index contributed by atoms with van der Waals surface area (Å²) in [4.78, 5) is 0. The fourth-order valence-electron chi connectivity index (χ4n) is 1.73. The van der Waals surface area contributed by atoms with Crippen LogP contribution >= 0.6 is 0 Å². The monoisotopic (exact) mass is 127 g/mol. The number of rotatable bonds is 0. The summed E-state index contributed by atoms with van der Waals surface area (Å²) >= 11 is 0. The Labute approximate surface area is 55.4 Å². The van der Waals surface area contributed by atoms with Gasteiger partial charge >= 0.3 is 0 Å². The quantitative estimate of drug-likeness (QED) is 0.514. The maximum atomic E-state index is 5.78. The van der Waals surface area contributed by atoms with E-state index in [9.17, 15) is 0 Å². The highest BCUT2D eigenvalue weighted by molar-refractivity contribution is 5.06. The van der Waals surface area contributed by atoms with Crippen molar-refractivity contribution in [3.63, 3.8) is 0 Å². The molecule has 1 heterocycles. The zero-order valence-electron chi connectivity index (χ0n) is 5.60. The predicted octanol–water partition coefficient (Wildman–Crippen LogP) is 0.514. The summed E-state index contributed by atoms with van der Waals surface area (Å²) < 4.78 is 5.24. The molecule has 1 aliphatic carbocycles. The van der Waals surface area contributed by atoms with Crippen molar-refractivity contribution in [1.29, 1.82) is 0 Å². The first-order chi connectivity index (χ1) is 4.33. The summed E-state index contributed by atoms with van der Waals surface area (Å²) in [5.74, 6) is 0. The molecule has 0 unspecified atom stereocenters. The summed E-state index contributed by atoms with van der Waals surface area (Å²) in [5, 5.41) is 0. The Morgan fingerprint density at radius 2 is 1.89 bits per heavy atom. The summed E-state index contributed by atoms with van der Waals surface area (Å²) in [5.41, 5.74) is 6.32. The van der Waals surface area contributed by atoms with E-state index in [0.717, 1.165) is 13.2 Å². The molecule has 1 saturated carbocycles. The Kier molecular flexibility index (Phi) is 1.08. The predicted molar refractivity (Wildman–Crippen MR) is 35.1 cm³/mol. The second-order valence-electron chi connectivity index (χ2n) is 3.29. The molecule has 2 nitrogen and oxygen atoms in total. The first-order valence-electron chi connectivity index (χ1n) is 3.67. The molecule has 2 aliphatic rings. The zero-order chi connectivity index (χ0) is 6.32. The molecule has 1 saturated heterocycles. The van der Waals surface area contributed by atoms with Crippen LogP contribution in [0.15, 0.2) is 0 Å². The van der Waals surface area contributed by atoms with E-state index in [1.807, 2.05) is 0 Å². The van der Waals surface area contributed by atoms with Gasteiger partial charge in [-0.3, -0.25) is 0 Å². The van der Waals surface area contributed by atoms with Crippen molar-refractivity contribution in [2.75, 3.05) is 13.2 Å². The van der Waals surface area contributed by atoms with Gasteiger partial charge in [-0.15, -0.1) is 0 Å². The van der Waals surface area contributed by atoms with Crippen LogP contribution in [0.5, 0.6) is 0 Å². The van der Waals surface area contributed by atoms with Crippen molar-refractivity contribution in [2.45, 2.75) is 25.3 Å². The lowest BCUT2D eigenvalue weighted by atomic mass is 9.96. The first-order valence-corrected chi connectivity index (χ1v) is 3.67. The average Bonchev–Trinajstić information content (AvgIpc) is 2.44. The Morgan fingerprint density at radius 3 is 2.22 bits per heavy atom. The molecule has 0 bridgehead atoms. The third kappa shape index (κ3) is 0.775. The largest absolute Gasteiger partial charge is 0.381 e. The molecule has 2 fully saturated rings. The van der Waals surface area contributed by atoms with Gasteiger partial charge in [-0.1, -0.05) is 0 Å². The van der Waals surface area contributed by atoms with Crippen LogP contribution in [0, 0.1) is 5.41 Å². The summed E-state index contributed by atoms with van der Waals surface area (Å²) in [7, 11) is 0. The van der Waals surface area contributed by atoms with Crippen LogP contribution in [0.2, 0.25) is 0 Å². The summed E-state index contributed by atoms with van der Waals surface area (Å²) in [6.07, 6.45) is 3.65. The molecule has 0 amide bonds. The molecular weight excluding hydrogens is 114 g/mol. The van der Waals surface area contributed by atoms with Crippen LogP contribution in [0.3, 0.4) is 0 Å². The van der Waals surface area contributed by atoms with Gasteiger partial charge in [0.25, 0.3) is 0 Å². The summed E-state index contributed by atoms with van der Waals surface area (Å²) in [6.45, 7) is 1.88. The van der Waals surface area contributed by atoms with E-state index in [1.165, 1.54) is 19.3 Å². The molecule has 1 atom stereocenters. The Bertz CT molecular complexity index is 118. The van der Waals surface area contributed by atoms with E-state index in [4.69, 9.17) is 10.5 Å². The minimum absolute atomic E-state index is 0.501. The minimum atomic E-state index is 0.501. The fraction of sp³-hybridized carbons (Fsp3) is 1.00. The molecule has 1 aliphatic heterocycles. The molecular formula is C7H13NO. The lowest BCUT2D eigenvalue weighted by Gasteiger charge is -2.21. The molecule has 1 spiro atoms. The fourth-order valence-corrected chi connectivity index (χ4v) is 1.73. The number of nitrogens with two attached hydrogens (primary N) is 1. The Morgan fingerprint density at radius 1 is 1.33 bits per heavy atom. The van der Waals surface area contributed by atoms with Gasteiger partial charge in [0.2, 0.25) is 0 Å². The maximum Gasteiger partial charge on any atom is 0.0471 e. The Balaban J connectivity index is 1.97. The summed E-state index contributed by atoms with van der Waals surface area (Å²) in [6, 6.07) is 0.501. The Hall–Kier alpha value is -0.0800. The van der Waals surface area contributed by atoms with Crippen molar-refractivity contribution in [3.05, 3.63) is 0 Å². The lowest BCUT2D eigenvalue weighted by molar-refractivity contribution is 0.0559. The van der Waals surface area contributed by atoms with E-state index >= 15 is 0 Å². The van der Waals surface area contributed by atoms with Gasteiger partial charge < -0.3 is 10.5 Å². The van der Waals surface area contributed by atoms with Crippen LogP contribution in [-0.4, -0.2) is 19.3 Å². The van der Waals surface area contributed by atoms with Crippen LogP contribution in [0.1, 0.15) is 19.3 Å². The number of hydrogen-bond acceptors (Lipinski definition) is 2. The molecule has 0 aromatic carbocycles. The topological polar surface area (TPSA) is 35.2 Å². The van der Waals surface area contributed by atoms with Crippen LogP contribution in [0.4, 0.5) is 0 Å². The van der Waals surface area contributed by atoms with Crippen molar-refractivity contribution in [2.24, 2.45) is 11.1 Å². The van der Waals surface area contributed by atoms with Gasteiger partial charge in [-0.2, -0.15) is 0 Å². The SMILES string of the molecule is N[C@H]1CC12CCOCC2. The molecule has 52 valence electrons. The van der Waals surface area contributed by atoms with Crippen molar-refractivity contribution in [3.8, 4) is 0 Å². The van der Waals surface area contributed by atoms with Crippen molar-refractivity contribution >= 4 is 0 Å². The van der Waals surface area contributed by atoms with Gasteiger partial charge in [0.05, 0.1) is 0 Å². The molecule has 2 rings (SSSR count). The number of ether oxygens (including phenoxy) is 1. The van der Waals surface area contributed by atoms with E-state index in [-0.39, 0.29) is 0 Å². The average molecular weight is 127 g/mol. The molecule has 9 heavy (non-hydrogen) atoms. The van der Waals surface area contributed by atoms with Crippen molar-refractivity contribution < 1.29 is 4.74 Å². The normalized spacial score (nSPS) is 39.0. The lowest BCUT2D eigenvalue weighted by Crippen LogP contribution is -2.23. The molecule has 0 aromatic rings. The molecule has 0 aromatic heterocycles. The highest BCUT2D eigenvalue weighted by atomic mass is 16.5. The maximum absolute atomic E-state index is 5.78. The zero-order valence-corrected chi connectivity index (χ0v) is 5.60. The minimum Gasteiger partial charge on any atom is -0.381 e. The van der Waals surface area contributed by atoms with Crippen LogP contribution in [-0.2, 0) is 4.74 Å². The van der Waals surface area contributed by atoms with Crippen LogP contribution < -0.4 is 5.73 Å². The van der Waals surface area contributed by atoms with Gasteiger partial charge in [-0.05, 0) is 24.7 Å². The second kappa shape index (κ2) is 1.70. The number of hydrogen-bond donors (Lipinski definition) is 1. The smallest absolute Gasteiger partial charge is 0.0471 e. The third-order valence-electron chi connectivity index (χ3n) is 2.74. The van der Waals surface area contributed by atoms with Gasteiger partial charge in [0.1, 0.15) is 0 Å². The van der Waals surface area contributed by atoms with Crippen LogP contribution in [0.25, 0.3) is 0 Å². The molecule has 0 radical (unpaired) electrons. The third-order valence-corrected chi connectivity index (χ3v) is 2.74. The van der Waals surface area contributed by atoms with Crippen molar-refractivity contribution in [1.82, 2.24) is 0 Å².